The van der Waals surface area contributed by atoms with Gasteiger partial charge in [0.1, 0.15) is 11.7 Å². The number of para-hydroxylation sites is 1. The van der Waals surface area contributed by atoms with Crippen LogP contribution in [0.4, 0.5) is 15.9 Å². The molecule has 1 fully saturated rings. The van der Waals surface area contributed by atoms with Crippen LogP contribution in [0.2, 0.25) is 5.02 Å². The van der Waals surface area contributed by atoms with E-state index in [2.05, 4.69) is 32.3 Å². The Balaban J connectivity index is 1.75. The van der Waals surface area contributed by atoms with Gasteiger partial charge in [0, 0.05) is 37.4 Å². The van der Waals surface area contributed by atoms with Crippen LogP contribution in [0.3, 0.4) is 0 Å². The summed E-state index contributed by atoms with van der Waals surface area (Å²) in [5.41, 5.74) is 2.52. The molecule has 0 bridgehead atoms. The maximum atomic E-state index is 15.0. The smallest absolute Gasteiger partial charge is 0.285 e. The van der Waals surface area contributed by atoms with Gasteiger partial charge in [-0.3, -0.25) is 14.0 Å². The van der Waals surface area contributed by atoms with Crippen LogP contribution in [0.15, 0.2) is 72.0 Å². The Bertz CT molecular complexity index is 1650. The number of anilines is 2. The number of aromatic nitrogens is 1. The third-order valence-electron chi connectivity index (χ3n) is 7.83. The number of halogens is 2. The summed E-state index contributed by atoms with van der Waals surface area (Å²) in [6.45, 7) is 16.4. The van der Waals surface area contributed by atoms with Crippen LogP contribution in [-0.4, -0.2) is 58.4 Å². The van der Waals surface area contributed by atoms with Gasteiger partial charge in [-0.1, -0.05) is 69.3 Å². The minimum Gasteiger partial charge on any atom is -0.349 e. The van der Waals surface area contributed by atoms with E-state index in [0.717, 1.165) is 11.3 Å². The number of fused-ring (bicyclic) bond motifs is 1. The molecule has 5 rings (SSSR count). The van der Waals surface area contributed by atoms with Gasteiger partial charge in [-0.2, -0.15) is 4.76 Å². The first-order chi connectivity index (χ1) is 19.7. The van der Waals surface area contributed by atoms with Gasteiger partial charge < -0.3 is 9.80 Å². The summed E-state index contributed by atoms with van der Waals surface area (Å²) in [5.74, 6) is 0.308. The Morgan fingerprint density at radius 1 is 1.07 bits per heavy atom. The number of hydrogen-bond acceptors (Lipinski definition) is 4. The molecule has 10 heteroatoms. The van der Waals surface area contributed by atoms with Gasteiger partial charge in [0.2, 0.25) is 5.91 Å². The molecular weight excluding hydrogens is 572 g/mol. The van der Waals surface area contributed by atoms with Gasteiger partial charge in [-0.25, -0.2) is 9.37 Å². The molecule has 0 spiro atoms. The molecule has 3 aromatic rings. The second-order valence-corrected chi connectivity index (χ2v) is 14.7. The normalized spacial score (nSPS) is 22.5. The molecule has 7 nitrogen and oxygen atoms in total. The van der Waals surface area contributed by atoms with E-state index in [1.807, 2.05) is 38.1 Å². The topological polar surface area (TPSA) is 69.1 Å². The molecule has 3 heterocycles. The number of carbonyl (C=O) groups is 1. The van der Waals surface area contributed by atoms with Crippen LogP contribution in [-0.2, 0) is 14.8 Å². The number of carbonyl (C=O) groups excluding carboxylic acids is 1. The number of hydrogen-bond donors (Lipinski definition) is 0. The number of amides is 1. The lowest BCUT2D eigenvalue weighted by Crippen LogP contribution is -2.59. The lowest BCUT2D eigenvalue weighted by atomic mass is 9.86. The van der Waals surface area contributed by atoms with E-state index in [4.69, 9.17) is 21.3 Å². The summed E-state index contributed by atoms with van der Waals surface area (Å²) in [6, 6.07) is 15.6. The van der Waals surface area contributed by atoms with Crippen molar-refractivity contribution in [3.05, 3.63) is 89.2 Å². The standard InChI is InChI=1S/C32H36ClFN5O2P/c1-8-28(40)37-18-21(3)38(19-20(37)2)31-23-17-25(33)29(22-13-9-11-15-26(22)34)35-30(23)39(42(7,41)36-31)27-16-12-10-14-24(27)32(4,5)6/h8-17,20-21H,1,18-19H2,2-7H3/t20-,21+,42-/m1/s1. The van der Waals surface area contributed by atoms with Crippen molar-refractivity contribution in [3.63, 3.8) is 0 Å². The predicted octanol–water partition coefficient (Wildman–Crippen LogP) is 7.67. The fourth-order valence-electron chi connectivity index (χ4n) is 5.76. The van der Waals surface area contributed by atoms with Crippen LogP contribution in [0.5, 0.6) is 0 Å². The van der Waals surface area contributed by atoms with Crippen LogP contribution >= 0.6 is 19.0 Å². The summed E-state index contributed by atoms with van der Waals surface area (Å²) < 4.78 is 36.4. The molecule has 1 aromatic heterocycles. The average molecular weight is 608 g/mol. The molecule has 2 aliphatic heterocycles. The SMILES string of the molecule is C=CC(=O)N1C[C@H](C)N(C2=N[P@@](C)(=O)N(c3ccccc3C(C)(C)C)c3nc(-c4ccccc4F)c(Cl)cc32)C[C@H]1C. The summed E-state index contributed by atoms with van der Waals surface area (Å²) in [4.78, 5) is 21.3. The molecule has 2 aliphatic rings. The molecule has 2 aromatic carbocycles. The summed E-state index contributed by atoms with van der Waals surface area (Å²) in [7, 11) is -3.51. The second kappa shape index (κ2) is 11.0. The van der Waals surface area contributed by atoms with E-state index in [1.165, 1.54) is 12.1 Å². The molecule has 3 atom stereocenters. The van der Waals surface area contributed by atoms with Crippen molar-refractivity contribution in [2.24, 2.45) is 4.76 Å². The second-order valence-electron chi connectivity index (χ2n) is 12.1. The van der Waals surface area contributed by atoms with Crippen LogP contribution in [0, 0.1) is 5.82 Å². The Kier molecular flexibility index (Phi) is 7.84. The van der Waals surface area contributed by atoms with Crippen molar-refractivity contribution < 1.29 is 13.8 Å². The highest BCUT2D eigenvalue weighted by atomic mass is 35.5. The largest absolute Gasteiger partial charge is 0.349 e. The third kappa shape index (κ3) is 5.27. The Labute approximate surface area is 252 Å². The van der Waals surface area contributed by atoms with Gasteiger partial charge in [0.15, 0.2) is 5.82 Å². The maximum Gasteiger partial charge on any atom is 0.285 e. The van der Waals surface area contributed by atoms with Gasteiger partial charge in [0.05, 0.1) is 22.0 Å². The minimum atomic E-state index is -3.51. The van der Waals surface area contributed by atoms with Crippen molar-refractivity contribution in [1.29, 1.82) is 0 Å². The van der Waals surface area contributed by atoms with E-state index >= 15 is 4.39 Å². The Hall–Kier alpha value is -3.48. The van der Waals surface area contributed by atoms with Crippen molar-refractivity contribution in [2.45, 2.75) is 52.1 Å². The van der Waals surface area contributed by atoms with Crippen LogP contribution in [0.25, 0.3) is 11.3 Å². The van der Waals surface area contributed by atoms with Crippen molar-refractivity contribution in [1.82, 2.24) is 14.8 Å². The minimum absolute atomic E-state index is 0.134. The molecule has 0 saturated carbocycles. The van der Waals surface area contributed by atoms with Crippen LogP contribution < -0.4 is 4.67 Å². The van der Waals surface area contributed by atoms with E-state index < -0.39 is 13.3 Å². The third-order valence-corrected chi connectivity index (χ3v) is 9.83. The Morgan fingerprint density at radius 3 is 2.40 bits per heavy atom. The molecular formula is C32H36ClFN5O2P. The van der Waals surface area contributed by atoms with E-state index in [9.17, 15) is 9.36 Å². The summed E-state index contributed by atoms with van der Waals surface area (Å²) in [5, 5.41) is 0.254. The zero-order valence-corrected chi connectivity index (χ0v) is 26.5. The van der Waals surface area contributed by atoms with Crippen LogP contribution in [0.1, 0.15) is 45.7 Å². The monoisotopic (exact) mass is 607 g/mol. The number of pyridine rings is 1. The fraction of sp³-hybridized carbons (Fsp3) is 0.344. The van der Waals surface area contributed by atoms with Gasteiger partial charge in [0.25, 0.3) is 7.44 Å². The van der Waals surface area contributed by atoms with Gasteiger partial charge >= 0.3 is 0 Å². The molecule has 220 valence electrons. The molecule has 0 N–H and O–H groups in total. The van der Waals surface area contributed by atoms with Gasteiger partial charge in [-0.05, 0) is 55.2 Å². The maximum absolute atomic E-state index is 15.0. The quantitative estimate of drug-likeness (QED) is 0.226. The lowest BCUT2D eigenvalue weighted by molar-refractivity contribution is -0.130. The highest BCUT2D eigenvalue weighted by molar-refractivity contribution is 7.64. The highest BCUT2D eigenvalue weighted by Crippen LogP contribution is 2.60. The average Bonchev–Trinajstić information content (AvgIpc) is 2.93. The molecule has 42 heavy (non-hydrogen) atoms. The summed E-state index contributed by atoms with van der Waals surface area (Å²) >= 11 is 6.83. The molecule has 1 saturated heterocycles. The fourth-order valence-corrected chi connectivity index (χ4v) is 7.76. The zero-order chi connectivity index (χ0) is 30.6. The predicted molar refractivity (Wildman–Crippen MR) is 170 cm³/mol. The molecule has 0 unspecified atom stereocenters. The zero-order valence-electron chi connectivity index (χ0n) is 24.8. The Morgan fingerprint density at radius 2 is 1.74 bits per heavy atom. The van der Waals surface area contributed by atoms with Crippen molar-refractivity contribution in [3.8, 4) is 11.3 Å². The van der Waals surface area contributed by atoms with Gasteiger partial charge in [-0.15, -0.1) is 0 Å². The molecule has 0 aliphatic carbocycles. The number of benzene rings is 2. The van der Waals surface area contributed by atoms with E-state index in [0.29, 0.717) is 30.3 Å². The van der Waals surface area contributed by atoms with Crippen molar-refractivity contribution >= 4 is 42.3 Å². The first-order valence-corrected chi connectivity index (χ1v) is 16.4. The van der Waals surface area contributed by atoms with E-state index in [1.54, 1.807) is 40.5 Å². The van der Waals surface area contributed by atoms with Crippen molar-refractivity contribution in [2.75, 3.05) is 24.4 Å². The first-order valence-electron chi connectivity index (χ1n) is 14.0. The highest BCUT2D eigenvalue weighted by Gasteiger charge is 2.43. The van der Waals surface area contributed by atoms with E-state index in [-0.39, 0.29) is 39.7 Å². The summed E-state index contributed by atoms with van der Waals surface area (Å²) in [6.07, 6.45) is 1.32. The molecule has 0 radical (unpaired) electrons. The lowest BCUT2D eigenvalue weighted by Gasteiger charge is -2.47. The molecule has 1 amide bonds. The first kappa shape index (κ1) is 30.0. The number of amidine groups is 1. The number of piperazine rings is 1. The number of rotatable bonds is 3. The number of nitrogens with zero attached hydrogens (tertiary/aromatic N) is 5.